The fraction of sp³-hybridized carbons (Fsp3) is 0.231. The minimum atomic E-state index is -4.40. The predicted molar refractivity (Wildman–Crippen MR) is 115 cm³/mol. The number of hydrogen-bond acceptors (Lipinski definition) is 0. The Balaban J connectivity index is 1.75. The van der Waals surface area contributed by atoms with Gasteiger partial charge in [0.1, 0.15) is 5.82 Å². The highest BCUT2D eigenvalue weighted by atomic mass is 19.4. The maximum atomic E-state index is 14.5. The molecule has 0 fully saturated rings. The molecular weight excluding hydrogens is 388 g/mol. The van der Waals surface area contributed by atoms with Gasteiger partial charge in [-0.25, -0.2) is 4.39 Å². The largest absolute Gasteiger partial charge is 0.396 e. The normalized spacial score (nSPS) is 13.0. The lowest BCUT2D eigenvalue weighted by Gasteiger charge is -2.21. The Labute approximate surface area is 174 Å². The number of aryl methyl sites for hydroxylation is 1. The quantitative estimate of drug-likeness (QED) is 0.274. The van der Waals surface area contributed by atoms with E-state index in [9.17, 15) is 17.6 Å². The maximum absolute atomic E-state index is 14.5. The summed E-state index contributed by atoms with van der Waals surface area (Å²) in [4.78, 5) is 0. The summed E-state index contributed by atoms with van der Waals surface area (Å²) in [7, 11) is 0. The Bertz CT molecular complexity index is 970. The second kappa shape index (κ2) is 9.75. The van der Waals surface area contributed by atoms with Crippen LogP contribution in [-0.4, -0.2) is 6.18 Å². The first-order valence-corrected chi connectivity index (χ1v) is 10.0. The van der Waals surface area contributed by atoms with E-state index in [1.165, 1.54) is 29.8 Å². The fourth-order valence-corrected chi connectivity index (χ4v) is 3.45. The summed E-state index contributed by atoms with van der Waals surface area (Å²) >= 11 is 0. The van der Waals surface area contributed by atoms with Crippen LogP contribution in [0.5, 0.6) is 0 Å². The summed E-state index contributed by atoms with van der Waals surface area (Å²) in [6, 6.07) is 20.1. The molecule has 1 atom stereocenters. The molecule has 0 heterocycles. The zero-order valence-electron chi connectivity index (χ0n) is 16.8. The first-order chi connectivity index (χ1) is 14.4. The summed E-state index contributed by atoms with van der Waals surface area (Å²) in [5.74, 6) is -2.19. The average molecular weight is 412 g/mol. The summed E-state index contributed by atoms with van der Waals surface area (Å²) in [6.07, 6.45) is 0.838. The Hall–Kier alpha value is -2.88. The van der Waals surface area contributed by atoms with Gasteiger partial charge in [0.05, 0.1) is 5.92 Å². The van der Waals surface area contributed by atoms with Gasteiger partial charge in [-0.05, 0) is 41.2 Å². The van der Waals surface area contributed by atoms with Crippen LogP contribution in [-0.2, 0) is 12.8 Å². The molecule has 0 bridgehead atoms. The Kier molecular flexibility index (Phi) is 7.09. The molecule has 0 aliphatic rings. The van der Waals surface area contributed by atoms with Crippen molar-refractivity contribution in [3.05, 3.63) is 106 Å². The molecule has 0 saturated heterocycles. The highest BCUT2D eigenvalue weighted by molar-refractivity contribution is 5.70. The molecule has 0 N–H and O–H groups in total. The maximum Gasteiger partial charge on any atom is 0.396 e. The number of hydrogen-bond donors (Lipinski definition) is 0. The van der Waals surface area contributed by atoms with Crippen LogP contribution in [0, 0.1) is 5.82 Å². The third-order valence-electron chi connectivity index (χ3n) is 5.08. The molecule has 0 saturated carbocycles. The van der Waals surface area contributed by atoms with E-state index in [0.29, 0.717) is 11.1 Å². The predicted octanol–water partition coefficient (Wildman–Crippen LogP) is 7.84. The van der Waals surface area contributed by atoms with Gasteiger partial charge >= 0.3 is 6.18 Å². The van der Waals surface area contributed by atoms with E-state index in [4.69, 9.17) is 0 Å². The van der Waals surface area contributed by atoms with Crippen molar-refractivity contribution < 1.29 is 17.6 Å². The van der Waals surface area contributed by atoms with Gasteiger partial charge in [-0.1, -0.05) is 92.2 Å². The van der Waals surface area contributed by atoms with E-state index in [1.54, 1.807) is 36.4 Å². The third-order valence-corrected chi connectivity index (χ3v) is 5.08. The number of benzene rings is 3. The number of halogens is 4. The molecule has 0 amide bonds. The van der Waals surface area contributed by atoms with Gasteiger partial charge in [-0.2, -0.15) is 13.2 Å². The standard InChI is InChI=1S/C26H24F4/c1-2-6-19-9-11-20(12-10-19)13-15-23-16-14-21(18-25(23)27)17-24(26(28,29)30)22-7-4-3-5-8-22/h3-5,7-16,18,24H,2,6,17H2,1H3/t24-/m1/s1. The van der Waals surface area contributed by atoms with Gasteiger partial charge in [0.15, 0.2) is 0 Å². The van der Waals surface area contributed by atoms with Crippen molar-refractivity contribution in [1.82, 2.24) is 0 Å². The molecule has 30 heavy (non-hydrogen) atoms. The average Bonchev–Trinajstić information content (AvgIpc) is 2.72. The molecule has 0 aliphatic carbocycles. The molecule has 0 nitrogen and oxygen atoms in total. The lowest BCUT2D eigenvalue weighted by atomic mass is 9.91. The first-order valence-electron chi connectivity index (χ1n) is 10.0. The van der Waals surface area contributed by atoms with Gasteiger partial charge in [0.2, 0.25) is 0 Å². The third kappa shape index (κ3) is 5.82. The highest BCUT2D eigenvalue weighted by Crippen LogP contribution is 2.37. The lowest BCUT2D eigenvalue weighted by molar-refractivity contribution is -0.150. The molecule has 0 aromatic heterocycles. The monoisotopic (exact) mass is 412 g/mol. The second-order valence-corrected chi connectivity index (χ2v) is 7.39. The van der Waals surface area contributed by atoms with Gasteiger partial charge < -0.3 is 0 Å². The van der Waals surface area contributed by atoms with E-state index in [0.717, 1.165) is 18.4 Å². The van der Waals surface area contributed by atoms with Crippen molar-refractivity contribution in [2.24, 2.45) is 0 Å². The molecule has 3 aromatic rings. The summed E-state index contributed by atoms with van der Waals surface area (Å²) in [6.45, 7) is 2.12. The molecule has 156 valence electrons. The van der Waals surface area contributed by atoms with E-state index < -0.39 is 17.9 Å². The fourth-order valence-electron chi connectivity index (χ4n) is 3.45. The Morgan fingerprint density at radius 3 is 2.10 bits per heavy atom. The van der Waals surface area contributed by atoms with Gasteiger partial charge in [0.25, 0.3) is 0 Å². The molecule has 0 spiro atoms. The van der Waals surface area contributed by atoms with E-state index in [1.807, 2.05) is 24.3 Å². The smallest absolute Gasteiger partial charge is 0.206 e. The van der Waals surface area contributed by atoms with Gasteiger partial charge in [-0.3, -0.25) is 0 Å². The van der Waals surface area contributed by atoms with Crippen molar-refractivity contribution in [1.29, 1.82) is 0 Å². The van der Waals surface area contributed by atoms with Crippen LogP contribution in [0.1, 0.15) is 47.1 Å². The molecule has 0 aliphatic heterocycles. The van der Waals surface area contributed by atoms with E-state index in [-0.39, 0.29) is 12.0 Å². The molecule has 3 aromatic carbocycles. The van der Waals surface area contributed by atoms with Crippen molar-refractivity contribution in [3.8, 4) is 0 Å². The van der Waals surface area contributed by atoms with Crippen LogP contribution in [0.3, 0.4) is 0 Å². The Morgan fingerprint density at radius 2 is 1.50 bits per heavy atom. The van der Waals surface area contributed by atoms with Gasteiger partial charge in [-0.15, -0.1) is 0 Å². The topological polar surface area (TPSA) is 0 Å². The van der Waals surface area contributed by atoms with Crippen molar-refractivity contribution in [2.45, 2.75) is 38.3 Å². The molecule has 4 heteroatoms. The van der Waals surface area contributed by atoms with Crippen molar-refractivity contribution in [3.63, 3.8) is 0 Å². The molecule has 0 radical (unpaired) electrons. The summed E-state index contributed by atoms with van der Waals surface area (Å²) in [5, 5.41) is 0. The molecule has 0 unspecified atom stereocenters. The number of alkyl halides is 3. The van der Waals surface area contributed by atoms with E-state index >= 15 is 0 Å². The minimum Gasteiger partial charge on any atom is -0.206 e. The highest BCUT2D eigenvalue weighted by Gasteiger charge is 2.40. The van der Waals surface area contributed by atoms with Crippen molar-refractivity contribution in [2.75, 3.05) is 0 Å². The molecule has 3 rings (SSSR count). The summed E-state index contributed by atoms with van der Waals surface area (Å²) in [5.41, 5.74) is 3.04. The van der Waals surface area contributed by atoms with Crippen LogP contribution in [0.4, 0.5) is 17.6 Å². The van der Waals surface area contributed by atoms with Crippen LogP contribution >= 0.6 is 0 Å². The van der Waals surface area contributed by atoms with Crippen LogP contribution in [0.15, 0.2) is 72.8 Å². The van der Waals surface area contributed by atoms with Gasteiger partial charge in [0, 0.05) is 5.56 Å². The minimum absolute atomic E-state index is 0.181. The second-order valence-electron chi connectivity index (χ2n) is 7.39. The summed E-state index contributed by atoms with van der Waals surface area (Å²) < 4.78 is 55.2. The molecular formula is C26H24F4. The first kappa shape index (κ1) is 21.8. The van der Waals surface area contributed by atoms with Crippen LogP contribution < -0.4 is 0 Å². The zero-order valence-corrected chi connectivity index (χ0v) is 16.8. The lowest BCUT2D eigenvalue weighted by Crippen LogP contribution is -2.23. The zero-order chi connectivity index (χ0) is 21.6. The van der Waals surface area contributed by atoms with Crippen molar-refractivity contribution >= 4 is 12.2 Å². The Morgan fingerprint density at radius 1 is 0.833 bits per heavy atom. The number of rotatable bonds is 7. The van der Waals surface area contributed by atoms with Crippen LogP contribution in [0.2, 0.25) is 0 Å². The SMILES string of the molecule is CCCc1ccc(C=Cc2ccc(C[C@H](c3ccccc3)C(F)(F)F)cc2F)cc1. The van der Waals surface area contributed by atoms with Crippen LogP contribution in [0.25, 0.3) is 12.2 Å². The van der Waals surface area contributed by atoms with E-state index in [2.05, 4.69) is 6.92 Å².